The van der Waals surface area contributed by atoms with Crippen molar-refractivity contribution in [1.29, 1.82) is 0 Å². The molecule has 2 aliphatic rings. The van der Waals surface area contributed by atoms with Crippen LogP contribution in [0.3, 0.4) is 0 Å². The van der Waals surface area contributed by atoms with Gasteiger partial charge in [-0.05, 0) is 31.6 Å². The van der Waals surface area contributed by atoms with Crippen molar-refractivity contribution in [2.45, 2.75) is 57.1 Å². The summed E-state index contributed by atoms with van der Waals surface area (Å²) >= 11 is 0. The summed E-state index contributed by atoms with van der Waals surface area (Å²) < 4.78 is 34.5. The molecule has 2 aromatic heterocycles. The van der Waals surface area contributed by atoms with E-state index in [1.807, 2.05) is 34.6 Å². The molecule has 7 heteroatoms. The molecule has 24 heavy (non-hydrogen) atoms. The van der Waals surface area contributed by atoms with Crippen molar-refractivity contribution < 1.29 is 27.1 Å². The zero-order chi connectivity index (χ0) is 17.7. The van der Waals surface area contributed by atoms with E-state index < -0.39 is 27.0 Å². The lowest BCUT2D eigenvalue weighted by molar-refractivity contribution is -0.141. The van der Waals surface area contributed by atoms with E-state index in [0.717, 1.165) is 0 Å². The van der Waals surface area contributed by atoms with Gasteiger partial charge in [0.15, 0.2) is 26.6 Å². The SMILES string of the molecule is C=S1(=O)Oc2c(OC(=O)C3(CC(C)(C)C)OC3(C)C)c3cc1c2o3. The molecular weight excluding hydrogens is 332 g/mol. The van der Waals surface area contributed by atoms with Gasteiger partial charge in [0, 0.05) is 6.07 Å². The third-order valence-electron chi connectivity index (χ3n) is 4.55. The quantitative estimate of drug-likeness (QED) is 0.365. The van der Waals surface area contributed by atoms with Crippen LogP contribution in [0, 0.1) is 5.41 Å². The van der Waals surface area contributed by atoms with Gasteiger partial charge in [0.25, 0.3) is 0 Å². The molecule has 1 fully saturated rings. The molecule has 0 amide bonds. The number of carbonyl (C=O) groups excluding carboxylic acids is 1. The lowest BCUT2D eigenvalue weighted by atomic mass is 9.79. The monoisotopic (exact) mass is 352 g/mol. The van der Waals surface area contributed by atoms with E-state index >= 15 is 0 Å². The third kappa shape index (κ3) is 1.94. The van der Waals surface area contributed by atoms with Crippen molar-refractivity contribution in [1.82, 2.24) is 0 Å². The topological polar surface area (TPSA) is 78.3 Å². The lowest BCUT2D eigenvalue weighted by Crippen LogP contribution is -2.38. The van der Waals surface area contributed by atoms with Crippen LogP contribution in [-0.4, -0.2) is 27.3 Å². The van der Waals surface area contributed by atoms with E-state index in [1.54, 1.807) is 6.07 Å². The number of furan rings is 2. The summed E-state index contributed by atoms with van der Waals surface area (Å²) in [6.07, 6.45) is 0.523. The minimum absolute atomic E-state index is 0.115. The second-order valence-electron chi connectivity index (χ2n) is 8.23. The number of esters is 1. The molecule has 0 saturated carbocycles. The predicted molar refractivity (Wildman–Crippen MR) is 89.2 cm³/mol. The molecule has 2 bridgehead atoms. The summed E-state index contributed by atoms with van der Waals surface area (Å²) in [6.45, 7) is 9.85. The fourth-order valence-electron chi connectivity index (χ4n) is 3.38. The number of hydrogen-bond acceptors (Lipinski definition) is 6. The van der Waals surface area contributed by atoms with Crippen molar-refractivity contribution in [3.8, 4) is 11.5 Å². The molecule has 6 nitrogen and oxygen atoms in total. The maximum absolute atomic E-state index is 12.9. The maximum Gasteiger partial charge on any atom is 0.347 e. The van der Waals surface area contributed by atoms with Crippen LogP contribution in [0.15, 0.2) is 15.4 Å². The van der Waals surface area contributed by atoms with Crippen LogP contribution in [0.4, 0.5) is 0 Å². The molecule has 2 atom stereocenters. The second kappa shape index (κ2) is 4.08. The number of carbonyl (C=O) groups is 1. The maximum atomic E-state index is 12.9. The highest BCUT2D eigenvalue weighted by Gasteiger charge is 2.71. The summed E-state index contributed by atoms with van der Waals surface area (Å²) in [5.74, 6) is 3.42. The van der Waals surface area contributed by atoms with Crippen LogP contribution in [0.5, 0.6) is 11.5 Å². The molecule has 0 N–H and O–H groups in total. The Kier molecular flexibility index (Phi) is 2.68. The molecule has 0 aliphatic carbocycles. The first-order valence-corrected chi connectivity index (χ1v) is 9.40. The van der Waals surface area contributed by atoms with Crippen LogP contribution >= 0.6 is 0 Å². The van der Waals surface area contributed by atoms with Gasteiger partial charge in [-0.25, -0.2) is 9.00 Å². The van der Waals surface area contributed by atoms with Crippen molar-refractivity contribution in [2.75, 3.05) is 0 Å². The van der Waals surface area contributed by atoms with Gasteiger partial charge >= 0.3 is 5.97 Å². The zero-order valence-corrected chi connectivity index (χ0v) is 15.2. The van der Waals surface area contributed by atoms with Crippen LogP contribution in [-0.2, 0) is 19.3 Å². The van der Waals surface area contributed by atoms with E-state index in [4.69, 9.17) is 18.1 Å². The molecule has 1 saturated heterocycles. The molecule has 130 valence electrons. The number of hydrogen-bond donors (Lipinski definition) is 0. The summed E-state index contributed by atoms with van der Waals surface area (Å²) in [6, 6.07) is 1.55. The second-order valence-corrected chi connectivity index (χ2v) is 10.1. The fraction of sp³-hybridized carbons (Fsp3) is 0.529. The highest BCUT2D eigenvalue weighted by atomic mass is 32.2. The predicted octanol–water partition coefficient (Wildman–Crippen LogP) is 3.14. The van der Waals surface area contributed by atoms with Crippen LogP contribution in [0.2, 0.25) is 0 Å². The first kappa shape index (κ1) is 15.8. The number of rotatable bonds is 3. The van der Waals surface area contributed by atoms with Gasteiger partial charge in [-0.1, -0.05) is 20.8 Å². The summed E-state index contributed by atoms with van der Waals surface area (Å²) in [7, 11) is -2.87. The number of fused-ring (bicyclic) bond motifs is 1. The Morgan fingerprint density at radius 3 is 2.54 bits per heavy atom. The largest absolute Gasteiger partial charge is 0.448 e. The van der Waals surface area contributed by atoms with Crippen LogP contribution < -0.4 is 8.92 Å². The van der Waals surface area contributed by atoms with E-state index in [0.29, 0.717) is 22.5 Å². The average molecular weight is 352 g/mol. The summed E-state index contributed by atoms with van der Waals surface area (Å²) in [5.41, 5.74) is -1.05. The van der Waals surface area contributed by atoms with E-state index in [2.05, 4.69) is 5.87 Å². The molecule has 2 aliphatic heterocycles. The molecule has 4 heterocycles. The van der Waals surface area contributed by atoms with Gasteiger partial charge in [0.2, 0.25) is 11.5 Å². The van der Waals surface area contributed by atoms with Crippen molar-refractivity contribution in [3.05, 3.63) is 6.07 Å². The van der Waals surface area contributed by atoms with E-state index in [9.17, 15) is 9.00 Å². The van der Waals surface area contributed by atoms with Gasteiger partial charge in [-0.3, -0.25) is 0 Å². The Morgan fingerprint density at radius 2 is 2.00 bits per heavy atom. The Labute approximate surface area is 140 Å². The van der Waals surface area contributed by atoms with Gasteiger partial charge in [-0.15, -0.1) is 0 Å². The van der Waals surface area contributed by atoms with Gasteiger partial charge in [-0.2, -0.15) is 0 Å². The number of benzene rings is 1. The van der Waals surface area contributed by atoms with Crippen molar-refractivity contribution >= 4 is 32.8 Å². The first-order valence-electron chi connectivity index (χ1n) is 7.74. The van der Waals surface area contributed by atoms with Gasteiger partial charge < -0.3 is 18.1 Å². The molecule has 4 rings (SSSR count). The molecule has 0 radical (unpaired) electrons. The Balaban J connectivity index is 1.66. The minimum Gasteiger partial charge on any atom is -0.448 e. The molecule has 0 spiro atoms. The fourth-order valence-corrected chi connectivity index (χ4v) is 4.60. The van der Waals surface area contributed by atoms with Crippen LogP contribution in [0.25, 0.3) is 11.2 Å². The summed E-state index contributed by atoms with van der Waals surface area (Å²) in [4.78, 5) is 13.3. The normalized spacial score (nSPS) is 30.5. The third-order valence-corrected chi connectivity index (χ3v) is 5.96. The number of ether oxygens (including phenoxy) is 2. The van der Waals surface area contributed by atoms with Crippen LogP contribution in [0.1, 0.15) is 41.0 Å². The highest BCUT2D eigenvalue weighted by molar-refractivity contribution is 7.96. The van der Waals surface area contributed by atoms with Crippen molar-refractivity contribution in [2.24, 2.45) is 5.41 Å². The first-order chi connectivity index (χ1) is 10.9. The molecule has 0 aromatic carbocycles. The Bertz CT molecular complexity index is 959. The average Bonchev–Trinajstić information content (AvgIpc) is 2.76. The molecular formula is C17H20O6S. The molecule has 2 aromatic rings. The minimum atomic E-state index is -2.87. The molecule has 2 unspecified atom stereocenters. The number of epoxide rings is 1. The van der Waals surface area contributed by atoms with E-state index in [-0.39, 0.29) is 16.9 Å². The van der Waals surface area contributed by atoms with E-state index in [1.165, 1.54) is 0 Å². The van der Waals surface area contributed by atoms with Gasteiger partial charge in [0.05, 0.1) is 0 Å². The van der Waals surface area contributed by atoms with Crippen molar-refractivity contribution in [3.63, 3.8) is 0 Å². The summed E-state index contributed by atoms with van der Waals surface area (Å²) in [5, 5.41) is 0. The lowest BCUT2D eigenvalue weighted by Gasteiger charge is -2.23. The van der Waals surface area contributed by atoms with Gasteiger partial charge in [0.1, 0.15) is 10.5 Å². The Morgan fingerprint density at radius 1 is 1.38 bits per heavy atom. The highest BCUT2D eigenvalue weighted by Crippen LogP contribution is 2.56. The Hall–Kier alpha value is -1.73. The standard InChI is InChI=1S/C17H20O6S/c1-15(2,3)8-17(16(4,5)23-17)14(18)21-11-9-7-10-12(20-9)13(11)22-24(10,6)19/h7H,6,8H2,1-5H3. The zero-order valence-electron chi connectivity index (χ0n) is 14.3. The smallest absolute Gasteiger partial charge is 0.347 e.